The van der Waals surface area contributed by atoms with Crippen LogP contribution in [0, 0.1) is 5.82 Å². The smallest absolute Gasteiger partial charge is 0.244 e. The molecule has 4 nitrogen and oxygen atoms in total. The zero-order valence-electron chi connectivity index (χ0n) is 12.1. The molecule has 1 amide bonds. The van der Waals surface area contributed by atoms with E-state index >= 15 is 0 Å². The Labute approximate surface area is 123 Å². The molecule has 21 heavy (non-hydrogen) atoms. The summed E-state index contributed by atoms with van der Waals surface area (Å²) in [5, 5.41) is 2.66. The number of aromatic nitrogens is 1. The number of amides is 1. The minimum atomic E-state index is -0.374. The van der Waals surface area contributed by atoms with Crippen molar-refractivity contribution in [3.05, 3.63) is 54.1 Å². The summed E-state index contributed by atoms with van der Waals surface area (Å²) in [7, 11) is 0. The lowest BCUT2D eigenvalue weighted by Crippen LogP contribution is -2.18. The van der Waals surface area contributed by atoms with Gasteiger partial charge >= 0.3 is 0 Å². The molecule has 2 aromatic rings. The first-order valence-corrected chi connectivity index (χ1v) is 7.05. The van der Waals surface area contributed by atoms with Gasteiger partial charge in [0.1, 0.15) is 12.4 Å². The SMILES string of the molecule is CCCC(N)c1ccn(CC(=O)Nc2cccc(F)c2)c1. The second kappa shape index (κ2) is 7.04. The average Bonchev–Trinajstić information content (AvgIpc) is 2.87. The fourth-order valence-corrected chi connectivity index (χ4v) is 2.19. The molecule has 0 saturated carbocycles. The van der Waals surface area contributed by atoms with E-state index in [9.17, 15) is 9.18 Å². The quantitative estimate of drug-likeness (QED) is 0.858. The molecular weight excluding hydrogens is 269 g/mol. The van der Waals surface area contributed by atoms with Gasteiger partial charge in [-0.25, -0.2) is 4.39 Å². The number of rotatable bonds is 6. The summed E-state index contributed by atoms with van der Waals surface area (Å²) in [6.45, 7) is 2.26. The van der Waals surface area contributed by atoms with Gasteiger partial charge in [-0.05, 0) is 36.2 Å². The van der Waals surface area contributed by atoms with E-state index in [1.54, 1.807) is 16.7 Å². The summed E-state index contributed by atoms with van der Waals surface area (Å²) in [6, 6.07) is 7.76. The molecule has 1 heterocycles. The summed E-state index contributed by atoms with van der Waals surface area (Å²) in [6.07, 6.45) is 5.65. The highest BCUT2D eigenvalue weighted by atomic mass is 19.1. The monoisotopic (exact) mass is 289 g/mol. The summed E-state index contributed by atoms with van der Waals surface area (Å²) >= 11 is 0. The molecule has 0 spiro atoms. The van der Waals surface area contributed by atoms with Gasteiger partial charge in [0.15, 0.2) is 0 Å². The molecule has 0 bridgehead atoms. The summed E-state index contributed by atoms with van der Waals surface area (Å²) in [5.74, 6) is -0.576. The van der Waals surface area contributed by atoms with E-state index in [4.69, 9.17) is 5.73 Å². The topological polar surface area (TPSA) is 60.0 Å². The Bertz CT molecular complexity index is 609. The first-order valence-electron chi connectivity index (χ1n) is 7.05. The number of carbonyl (C=O) groups is 1. The molecule has 1 aromatic heterocycles. The number of benzene rings is 1. The van der Waals surface area contributed by atoms with Crippen LogP contribution in [0.1, 0.15) is 31.4 Å². The van der Waals surface area contributed by atoms with Crippen molar-refractivity contribution < 1.29 is 9.18 Å². The fourth-order valence-electron chi connectivity index (χ4n) is 2.19. The van der Waals surface area contributed by atoms with E-state index in [1.165, 1.54) is 12.1 Å². The number of hydrogen-bond acceptors (Lipinski definition) is 2. The Kier molecular flexibility index (Phi) is 5.11. The van der Waals surface area contributed by atoms with Gasteiger partial charge in [0.2, 0.25) is 5.91 Å². The van der Waals surface area contributed by atoms with Crippen LogP contribution in [0.3, 0.4) is 0 Å². The number of hydrogen-bond donors (Lipinski definition) is 2. The maximum atomic E-state index is 13.0. The third-order valence-electron chi connectivity index (χ3n) is 3.24. The number of carbonyl (C=O) groups excluding carboxylic acids is 1. The highest BCUT2D eigenvalue weighted by Crippen LogP contribution is 2.16. The normalized spacial score (nSPS) is 12.1. The Morgan fingerprint density at radius 1 is 1.43 bits per heavy atom. The molecule has 1 aromatic carbocycles. The predicted molar refractivity (Wildman–Crippen MR) is 81.3 cm³/mol. The Morgan fingerprint density at radius 3 is 2.95 bits per heavy atom. The number of anilines is 1. The molecule has 0 radical (unpaired) electrons. The molecular formula is C16H20FN3O. The fraction of sp³-hybridized carbons (Fsp3) is 0.312. The van der Waals surface area contributed by atoms with Crippen molar-refractivity contribution in [1.29, 1.82) is 0 Å². The molecule has 0 aliphatic heterocycles. The van der Waals surface area contributed by atoms with Gasteiger partial charge in [-0.15, -0.1) is 0 Å². The zero-order chi connectivity index (χ0) is 15.2. The van der Waals surface area contributed by atoms with Crippen molar-refractivity contribution in [2.45, 2.75) is 32.4 Å². The number of nitrogens with zero attached hydrogens (tertiary/aromatic N) is 1. The van der Waals surface area contributed by atoms with Crippen molar-refractivity contribution in [1.82, 2.24) is 4.57 Å². The Morgan fingerprint density at radius 2 is 2.24 bits per heavy atom. The standard InChI is InChI=1S/C16H20FN3O/c1-2-4-15(18)12-7-8-20(10-12)11-16(21)19-14-6-3-5-13(17)9-14/h3,5-10,15H,2,4,11,18H2,1H3,(H,19,21). The summed E-state index contributed by atoms with van der Waals surface area (Å²) in [4.78, 5) is 11.9. The van der Waals surface area contributed by atoms with Crippen LogP contribution in [0.15, 0.2) is 42.7 Å². The Balaban J connectivity index is 1.94. The van der Waals surface area contributed by atoms with Crippen molar-refractivity contribution >= 4 is 11.6 Å². The van der Waals surface area contributed by atoms with E-state index in [2.05, 4.69) is 12.2 Å². The summed E-state index contributed by atoms with van der Waals surface area (Å²) in [5.41, 5.74) is 7.51. The third-order valence-corrected chi connectivity index (χ3v) is 3.24. The molecule has 112 valence electrons. The van der Waals surface area contributed by atoms with E-state index in [0.717, 1.165) is 18.4 Å². The molecule has 3 N–H and O–H groups in total. The maximum Gasteiger partial charge on any atom is 0.244 e. The first-order chi connectivity index (χ1) is 10.1. The van der Waals surface area contributed by atoms with Crippen molar-refractivity contribution in [2.75, 3.05) is 5.32 Å². The van der Waals surface area contributed by atoms with Crippen LogP contribution in [0.2, 0.25) is 0 Å². The first kappa shape index (κ1) is 15.3. The van der Waals surface area contributed by atoms with Gasteiger partial charge in [0, 0.05) is 24.1 Å². The molecule has 2 rings (SSSR count). The Hall–Kier alpha value is -2.14. The lowest BCUT2D eigenvalue weighted by atomic mass is 10.1. The van der Waals surface area contributed by atoms with Crippen LogP contribution in [-0.2, 0) is 11.3 Å². The van der Waals surface area contributed by atoms with E-state index in [0.29, 0.717) is 5.69 Å². The highest BCUT2D eigenvalue weighted by Gasteiger charge is 2.09. The number of halogens is 1. The van der Waals surface area contributed by atoms with E-state index in [-0.39, 0.29) is 24.3 Å². The van der Waals surface area contributed by atoms with Gasteiger partial charge in [-0.2, -0.15) is 0 Å². The lowest BCUT2D eigenvalue weighted by molar-refractivity contribution is -0.116. The molecule has 1 unspecified atom stereocenters. The zero-order valence-corrected chi connectivity index (χ0v) is 12.1. The van der Waals surface area contributed by atoms with Crippen molar-refractivity contribution in [3.63, 3.8) is 0 Å². The molecule has 5 heteroatoms. The van der Waals surface area contributed by atoms with Crippen LogP contribution >= 0.6 is 0 Å². The van der Waals surface area contributed by atoms with Crippen LogP contribution in [0.25, 0.3) is 0 Å². The number of nitrogens with two attached hydrogens (primary N) is 1. The van der Waals surface area contributed by atoms with Gasteiger partial charge in [0.25, 0.3) is 0 Å². The maximum absolute atomic E-state index is 13.0. The van der Waals surface area contributed by atoms with E-state index in [1.807, 2.05) is 18.5 Å². The third kappa shape index (κ3) is 4.43. The van der Waals surface area contributed by atoms with Crippen LogP contribution in [0.4, 0.5) is 10.1 Å². The minimum Gasteiger partial charge on any atom is -0.345 e. The molecule has 0 fully saturated rings. The van der Waals surface area contributed by atoms with Gasteiger partial charge in [-0.3, -0.25) is 4.79 Å². The lowest BCUT2D eigenvalue weighted by Gasteiger charge is -2.08. The average molecular weight is 289 g/mol. The summed E-state index contributed by atoms with van der Waals surface area (Å²) < 4.78 is 14.8. The van der Waals surface area contributed by atoms with Crippen molar-refractivity contribution in [2.24, 2.45) is 5.73 Å². The molecule has 0 aliphatic rings. The van der Waals surface area contributed by atoms with Crippen LogP contribution < -0.4 is 11.1 Å². The number of nitrogens with one attached hydrogen (secondary N) is 1. The van der Waals surface area contributed by atoms with Crippen molar-refractivity contribution in [3.8, 4) is 0 Å². The van der Waals surface area contributed by atoms with E-state index < -0.39 is 0 Å². The highest BCUT2D eigenvalue weighted by molar-refractivity contribution is 5.90. The molecule has 0 saturated heterocycles. The predicted octanol–water partition coefficient (Wildman–Crippen LogP) is 3.07. The molecule has 0 aliphatic carbocycles. The minimum absolute atomic E-state index is 0.00234. The van der Waals surface area contributed by atoms with Crippen LogP contribution in [-0.4, -0.2) is 10.5 Å². The van der Waals surface area contributed by atoms with Gasteiger partial charge < -0.3 is 15.6 Å². The second-order valence-electron chi connectivity index (χ2n) is 5.07. The largest absolute Gasteiger partial charge is 0.345 e. The second-order valence-corrected chi connectivity index (χ2v) is 5.07. The van der Waals surface area contributed by atoms with Gasteiger partial charge in [-0.1, -0.05) is 19.4 Å². The van der Waals surface area contributed by atoms with Crippen LogP contribution in [0.5, 0.6) is 0 Å². The molecule has 1 atom stereocenters. The van der Waals surface area contributed by atoms with Gasteiger partial charge in [0.05, 0.1) is 0 Å².